The Kier molecular flexibility index (Phi) is 15.9. The van der Waals surface area contributed by atoms with Crippen molar-refractivity contribution >= 4 is 29.7 Å². The molecule has 0 unspecified atom stereocenters. The monoisotopic (exact) mass is 630 g/mol. The van der Waals surface area contributed by atoms with E-state index in [1.165, 1.54) is 9.80 Å². The molecule has 216 valence electrons. The average Bonchev–Trinajstić information content (AvgIpc) is 2.93. The fourth-order valence-corrected chi connectivity index (χ4v) is 4.57. The van der Waals surface area contributed by atoms with Crippen molar-refractivity contribution in [3.8, 4) is 11.8 Å². The van der Waals surface area contributed by atoms with Crippen molar-refractivity contribution in [2.75, 3.05) is 26.3 Å². The molecule has 0 N–H and O–H groups in total. The third kappa shape index (κ3) is 9.94. The van der Waals surface area contributed by atoms with E-state index in [0.717, 1.165) is 12.8 Å². The number of hydrogen-bond donors (Lipinski definition) is 0. The molecule has 2 amide bonds. The van der Waals surface area contributed by atoms with Crippen molar-refractivity contribution in [1.82, 2.24) is 19.8 Å². The number of amides is 2. The zero-order valence-electron chi connectivity index (χ0n) is 27.2. The summed E-state index contributed by atoms with van der Waals surface area (Å²) in [6.07, 6.45) is 5.14. The summed E-state index contributed by atoms with van der Waals surface area (Å²) in [7, 11) is 0. The van der Waals surface area contributed by atoms with Gasteiger partial charge in [-0.1, -0.05) is 26.0 Å². The second-order valence-electron chi connectivity index (χ2n) is 9.70. The van der Waals surface area contributed by atoms with Crippen LogP contribution in [0, 0.1) is 11.8 Å². The van der Waals surface area contributed by atoms with Crippen molar-refractivity contribution in [2.45, 2.75) is 40.5 Å². The fraction of sp³-hybridized carbons (Fsp3) is 0.414. The molecular formula is C29H36K2N4O7. The number of rotatable bonds is 6. The van der Waals surface area contributed by atoms with E-state index in [-0.39, 0.29) is 117 Å². The van der Waals surface area contributed by atoms with Crippen LogP contribution < -0.4 is 112 Å². The molecule has 0 spiro atoms. The van der Waals surface area contributed by atoms with Crippen molar-refractivity contribution in [2.24, 2.45) is 11.8 Å². The van der Waals surface area contributed by atoms with E-state index in [1.807, 2.05) is 39.8 Å². The number of aromatic nitrogens is 2. The number of allylic oxidation sites excluding steroid dienone is 2. The van der Waals surface area contributed by atoms with E-state index in [2.05, 4.69) is 9.97 Å². The smallest absolute Gasteiger partial charge is 1.00 e. The van der Waals surface area contributed by atoms with E-state index in [0.29, 0.717) is 60.6 Å². The molecule has 0 bridgehead atoms. The van der Waals surface area contributed by atoms with Gasteiger partial charge in [0.05, 0.1) is 24.6 Å². The van der Waals surface area contributed by atoms with Crippen LogP contribution in [0.3, 0.4) is 0 Å². The molecule has 11 nitrogen and oxygen atoms in total. The van der Waals surface area contributed by atoms with Gasteiger partial charge in [-0.2, -0.15) is 0 Å². The van der Waals surface area contributed by atoms with Gasteiger partial charge in [-0.15, -0.1) is 0 Å². The van der Waals surface area contributed by atoms with Crippen molar-refractivity contribution < 1.29 is 139 Å². The number of nitrogens with zero attached hydrogens (tertiary/aromatic N) is 4. The molecule has 0 aromatic carbocycles. The van der Waals surface area contributed by atoms with Gasteiger partial charge in [0, 0.05) is 48.7 Å². The zero-order chi connectivity index (χ0) is 28.6. The Morgan fingerprint density at radius 1 is 0.786 bits per heavy atom. The molecule has 2 aromatic rings. The maximum absolute atomic E-state index is 13.1. The minimum Gasteiger partial charge on any atom is -1.00 e. The van der Waals surface area contributed by atoms with Crippen LogP contribution in [0.5, 0.6) is 11.8 Å². The first-order valence-electron chi connectivity index (χ1n) is 13.4. The SMILES string of the molecule is CCOc1cc(C2=CC[C@H](C)CN2C(=O)OC(=O)OC(=O)N2C[C@@H](C)CC=C2c2ccnc(OCC)c2)ccn1.[H-].[H-].[K+].[K+]. The van der Waals surface area contributed by atoms with Crippen LogP contribution >= 0.6 is 0 Å². The first kappa shape index (κ1) is 37.1. The topological polar surface area (TPSA) is 120 Å². The summed E-state index contributed by atoms with van der Waals surface area (Å²) in [6, 6.07) is 6.92. The van der Waals surface area contributed by atoms with Gasteiger partial charge in [0.25, 0.3) is 0 Å². The molecule has 0 aliphatic carbocycles. The van der Waals surface area contributed by atoms with Crippen LogP contribution in [-0.2, 0) is 9.47 Å². The van der Waals surface area contributed by atoms with E-state index < -0.39 is 18.3 Å². The van der Waals surface area contributed by atoms with Gasteiger partial charge >= 0.3 is 121 Å². The van der Waals surface area contributed by atoms with Gasteiger partial charge < -0.3 is 21.8 Å². The molecule has 13 heteroatoms. The molecule has 2 atom stereocenters. The fourth-order valence-electron chi connectivity index (χ4n) is 4.57. The van der Waals surface area contributed by atoms with Gasteiger partial charge in [-0.05, 0) is 50.7 Å². The molecule has 42 heavy (non-hydrogen) atoms. The summed E-state index contributed by atoms with van der Waals surface area (Å²) < 4.78 is 20.9. The second-order valence-corrected chi connectivity index (χ2v) is 9.70. The van der Waals surface area contributed by atoms with Crippen LogP contribution in [0.1, 0.15) is 54.5 Å². The molecule has 0 fully saturated rings. The standard InChI is InChI=1S/C29H34N4O7.2K.2H/c1-5-37-25-15-21(11-13-30-25)23-9-7-19(3)17-32(23)27(34)39-29(36)40-28(35)33-18-20(4)8-10-24(33)22-12-14-31-26(16-22)38-6-2;;;;/h9-16,19-20H,5-8,17-18H2,1-4H3;;;;/q;2*+1;2*-1/t19-,20-;;;;/m0..../s1. The first-order valence-corrected chi connectivity index (χ1v) is 13.4. The Labute approximate surface area is 334 Å². The average molecular weight is 631 g/mol. The number of ether oxygens (including phenoxy) is 4. The third-order valence-electron chi connectivity index (χ3n) is 6.42. The zero-order valence-corrected chi connectivity index (χ0v) is 31.4. The third-order valence-corrected chi connectivity index (χ3v) is 6.42. The van der Waals surface area contributed by atoms with Gasteiger partial charge in [0.1, 0.15) is 0 Å². The first-order chi connectivity index (χ1) is 19.3. The summed E-state index contributed by atoms with van der Waals surface area (Å²) in [6.45, 7) is 9.19. The molecule has 2 aliphatic heterocycles. The minimum absolute atomic E-state index is 0. The number of hydrogen-bond acceptors (Lipinski definition) is 9. The summed E-state index contributed by atoms with van der Waals surface area (Å²) in [5.41, 5.74) is 2.49. The summed E-state index contributed by atoms with van der Waals surface area (Å²) >= 11 is 0. The van der Waals surface area contributed by atoms with Gasteiger partial charge in [0.15, 0.2) is 0 Å². The molecule has 4 heterocycles. The second kappa shape index (κ2) is 18.0. The Bertz CT molecular complexity index is 1230. The van der Waals surface area contributed by atoms with Crippen LogP contribution in [0.25, 0.3) is 11.4 Å². The van der Waals surface area contributed by atoms with Crippen molar-refractivity contribution in [1.29, 1.82) is 0 Å². The Morgan fingerprint density at radius 3 is 1.57 bits per heavy atom. The number of pyridine rings is 2. The van der Waals surface area contributed by atoms with E-state index >= 15 is 0 Å². The molecule has 0 saturated carbocycles. The molecule has 0 saturated heterocycles. The van der Waals surface area contributed by atoms with Crippen LogP contribution in [0.4, 0.5) is 14.4 Å². The molecule has 2 aromatic heterocycles. The van der Waals surface area contributed by atoms with E-state index in [9.17, 15) is 14.4 Å². The predicted octanol–water partition coefficient (Wildman–Crippen LogP) is -0.0342. The van der Waals surface area contributed by atoms with Gasteiger partial charge in [0.2, 0.25) is 11.8 Å². The number of carbonyl (C=O) groups is 3. The Hall–Kier alpha value is -1.14. The quantitative estimate of drug-likeness (QED) is 0.246. The van der Waals surface area contributed by atoms with Gasteiger partial charge in [-0.3, -0.25) is 9.80 Å². The molecule has 2 aliphatic rings. The Balaban J connectivity index is 0.00000462. The van der Waals surface area contributed by atoms with Crippen LogP contribution in [-0.4, -0.2) is 64.4 Å². The van der Waals surface area contributed by atoms with Crippen LogP contribution in [0.2, 0.25) is 0 Å². The summed E-state index contributed by atoms with van der Waals surface area (Å²) in [4.78, 5) is 49.9. The Morgan fingerprint density at radius 2 is 1.19 bits per heavy atom. The maximum Gasteiger partial charge on any atom is 1.00 e. The van der Waals surface area contributed by atoms with Crippen molar-refractivity contribution in [3.63, 3.8) is 0 Å². The molecular weight excluding hydrogens is 595 g/mol. The van der Waals surface area contributed by atoms with Crippen LogP contribution in [0.15, 0.2) is 48.8 Å². The largest absolute Gasteiger partial charge is 1.00 e. The van der Waals surface area contributed by atoms with Gasteiger partial charge in [-0.25, -0.2) is 24.4 Å². The minimum atomic E-state index is -1.40. The molecule has 4 rings (SSSR count). The normalized spacial score (nSPS) is 17.9. The predicted molar refractivity (Wildman–Crippen MR) is 148 cm³/mol. The van der Waals surface area contributed by atoms with Crippen molar-refractivity contribution in [3.05, 3.63) is 59.9 Å². The van der Waals surface area contributed by atoms with E-state index in [1.54, 1.807) is 36.7 Å². The maximum atomic E-state index is 13.1. The van der Waals surface area contributed by atoms with E-state index in [4.69, 9.17) is 18.9 Å². The number of carbonyl (C=O) groups excluding carboxylic acids is 3. The molecule has 0 radical (unpaired) electrons. The summed E-state index contributed by atoms with van der Waals surface area (Å²) in [5.74, 6) is 1.10. The summed E-state index contributed by atoms with van der Waals surface area (Å²) in [5, 5.41) is 0.